The van der Waals surface area contributed by atoms with Crippen molar-refractivity contribution in [3.8, 4) is 17.1 Å². The molecule has 1 saturated carbocycles. The molecule has 1 aliphatic carbocycles. The summed E-state index contributed by atoms with van der Waals surface area (Å²) in [4.78, 5) is 27.0. The zero-order valence-corrected chi connectivity index (χ0v) is 15.0. The van der Waals surface area contributed by atoms with Gasteiger partial charge in [0.15, 0.2) is 5.82 Å². The van der Waals surface area contributed by atoms with Crippen LogP contribution >= 0.6 is 0 Å². The zero-order valence-electron chi connectivity index (χ0n) is 15.0. The molecule has 7 nitrogen and oxygen atoms in total. The van der Waals surface area contributed by atoms with Crippen LogP contribution in [0.25, 0.3) is 11.4 Å². The van der Waals surface area contributed by atoms with E-state index in [1.54, 1.807) is 6.07 Å². The first-order chi connectivity index (χ1) is 12.7. The molecular formula is C19H24N4O3. The number of amides is 1. The number of aromatic amines is 1. The molecule has 0 aliphatic heterocycles. The average Bonchev–Trinajstić information content (AvgIpc) is 3.14. The lowest BCUT2D eigenvalue weighted by Gasteiger charge is -2.11. The summed E-state index contributed by atoms with van der Waals surface area (Å²) in [6, 6.07) is 7.60. The van der Waals surface area contributed by atoms with E-state index >= 15 is 0 Å². The fraction of sp³-hybridized carbons (Fsp3) is 0.474. The molecule has 2 aromatic rings. The molecule has 1 aromatic carbocycles. The fourth-order valence-electron chi connectivity index (χ4n) is 3.16. The van der Waals surface area contributed by atoms with E-state index in [9.17, 15) is 9.59 Å². The number of nitrogens with zero attached hydrogens (tertiary/aromatic N) is 2. The zero-order chi connectivity index (χ0) is 18.4. The Kier molecular flexibility index (Phi) is 5.99. The normalized spacial score (nSPS) is 14.3. The number of ether oxygens (including phenoxy) is 1. The molecule has 1 aromatic heterocycles. The predicted molar refractivity (Wildman–Crippen MR) is 98.0 cm³/mol. The van der Waals surface area contributed by atoms with Crippen LogP contribution in [-0.4, -0.2) is 33.7 Å². The first-order valence-electron chi connectivity index (χ1n) is 9.14. The second-order valence-electron chi connectivity index (χ2n) is 6.46. The molecular weight excluding hydrogens is 332 g/mol. The molecule has 0 radical (unpaired) electrons. The van der Waals surface area contributed by atoms with Crippen LogP contribution in [-0.2, 0) is 11.2 Å². The summed E-state index contributed by atoms with van der Waals surface area (Å²) in [7, 11) is 0. The van der Waals surface area contributed by atoms with Crippen molar-refractivity contribution in [2.24, 2.45) is 0 Å². The largest absolute Gasteiger partial charge is 0.494 e. The molecule has 7 heteroatoms. The van der Waals surface area contributed by atoms with Crippen LogP contribution in [0.15, 0.2) is 29.1 Å². The molecule has 0 spiro atoms. The summed E-state index contributed by atoms with van der Waals surface area (Å²) in [6.45, 7) is 2.47. The second kappa shape index (κ2) is 8.60. The Morgan fingerprint density at radius 1 is 1.31 bits per heavy atom. The van der Waals surface area contributed by atoms with Crippen LogP contribution in [0, 0.1) is 0 Å². The van der Waals surface area contributed by atoms with Crippen LogP contribution in [0.2, 0.25) is 0 Å². The van der Waals surface area contributed by atoms with E-state index in [-0.39, 0.29) is 36.0 Å². The maximum atomic E-state index is 12.3. The third-order valence-electron chi connectivity index (χ3n) is 4.49. The molecule has 1 aliphatic rings. The van der Waals surface area contributed by atoms with Crippen molar-refractivity contribution in [3.05, 3.63) is 40.3 Å². The number of carbonyl (C=O) groups is 1. The maximum Gasteiger partial charge on any atom is 0.273 e. The van der Waals surface area contributed by atoms with Crippen molar-refractivity contribution < 1.29 is 9.53 Å². The molecule has 138 valence electrons. The van der Waals surface area contributed by atoms with Crippen LogP contribution < -0.4 is 15.6 Å². The molecule has 3 rings (SSSR count). The highest BCUT2D eigenvalue weighted by atomic mass is 16.5. The molecule has 0 bridgehead atoms. The summed E-state index contributed by atoms with van der Waals surface area (Å²) in [5.41, 5.74) is 0.688. The predicted octanol–water partition coefficient (Wildman–Crippen LogP) is 2.22. The fourth-order valence-corrected chi connectivity index (χ4v) is 3.16. The number of benzene rings is 1. The minimum atomic E-state index is -0.314. The lowest BCUT2D eigenvalue weighted by atomic mass is 10.2. The Balaban J connectivity index is 1.63. The lowest BCUT2D eigenvalue weighted by molar-refractivity contribution is -0.121. The summed E-state index contributed by atoms with van der Waals surface area (Å²) < 4.78 is 5.46. The Hall–Kier alpha value is -2.70. The average molecular weight is 356 g/mol. The Morgan fingerprint density at radius 2 is 2.12 bits per heavy atom. The van der Waals surface area contributed by atoms with Crippen molar-refractivity contribution in [3.63, 3.8) is 0 Å². The van der Waals surface area contributed by atoms with Crippen LogP contribution in [0.3, 0.4) is 0 Å². The molecule has 0 atom stereocenters. The molecule has 1 fully saturated rings. The van der Waals surface area contributed by atoms with Crippen LogP contribution in [0.4, 0.5) is 0 Å². The summed E-state index contributed by atoms with van der Waals surface area (Å²) >= 11 is 0. The molecule has 1 amide bonds. The SMILES string of the molecule is CCOc1cccc(-c2nnc(CCC(=O)NC3CCCC3)c(=O)[nH]2)c1. The van der Waals surface area contributed by atoms with Gasteiger partial charge in [-0.2, -0.15) is 0 Å². The van der Waals surface area contributed by atoms with E-state index < -0.39 is 0 Å². The number of aromatic nitrogens is 3. The Bertz CT molecular complexity index is 812. The molecule has 26 heavy (non-hydrogen) atoms. The quantitative estimate of drug-likeness (QED) is 0.793. The molecule has 1 heterocycles. The highest BCUT2D eigenvalue weighted by Crippen LogP contribution is 2.20. The first kappa shape index (κ1) is 18.1. The third kappa shape index (κ3) is 4.68. The monoisotopic (exact) mass is 356 g/mol. The summed E-state index contributed by atoms with van der Waals surface area (Å²) in [5.74, 6) is 1.06. The van der Waals surface area contributed by atoms with Gasteiger partial charge in [0, 0.05) is 24.4 Å². The van der Waals surface area contributed by atoms with Gasteiger partial charge >= 0.3 is 0 Å². The maximum absolute atomic E-state index is 12.3. The van der Waals surface area contributed by atoms with Crippen molar-refractivity contribution in [2.75, 3.05) is 6.61 Å². The van der Waals surface area contributed by atoms with Crippen LogP contribution in [0.5, 0.6) is 5.75 Å². The third-order valence-corrected chi connectivity index (χ3v) is 4.49. The van der Waals surface area contributed by atoms with Gasteiger partial charge in [-0.3, -0.25) is 9.59 Å². The van der Waals surface area contributed by atoms with Crippen molar-refractivity contribution in [1.82, 2.24) is 20.5 Å². The van der Waals surface area contributed by atoms with Gasteiger partial charge in [-0.25, -0.2) is 0 Å². The van der Waals surface area contributed by atoms with Crippen molar-refractivity contribution in [1.29, 1.82) is 0 Å². The van der Waals surface area contributed by atoms with Gasteiger partial charge in [-0.05, 0) is 31.9 Å². The first-order valence-corrected chi connectivity index (χ1v) is 9.14. The molecule has 0 unspecified atom stereocenters. The minimum Gasteiger partial charge on any atom is -0.494 e. The Labute approximate surface area is 152 Å². The van der Waals surface area contributed by atoms with Gasteiger partial charge in [0.25, 0.3) is 5.56 Å². The van der Waals surface area contributed by atoms with Gasteiger partial charge in [-0.1, -0.05) is 25.0 Å². The highest BCUT2D eigenvalue weighted by Gasteiger charge is 2.17. The van der Waals surface area contributed by atoms with Gasteiger partial charge in [0.1, 0.15) is 11.4 Å². The highest BCUT2D eigenvalue weighted by molar-refractivity contribution is 5.76. The van der Waals surface area contributed by atoms with Gasteiger partial charge in [0.05, 0.1) is 6.61 Å². The van der Waals surface area contributed by atoms with Gasteiger partial charge in [-0.15, -0.1) is 10.2 Å². The minimum absolute atomic E-state index is 0.0356. The van der Waals surface area contributed by atoms with Gasteiger partial charge in [0.2, 0.25) is 5.91 Å². The van der Waals surface area contributed by atoms with Gasteiger partial charge < -0.3 is 15.0 Å². The molecule has 2 N–H and O–H groups in total. The number of H-pyrrole nitrogens is 1. The second-order valence-corrected chi connectivity index (χ2v) is 6.46. The number of aryl methyl sites for hydroxylation is 1. The molecule has 0 saturated heterocycles. The summed E-state index contributed by atoms with van der Waals surface area (Å²) in [6.07, 6.45) is 4.95. The topological polar surface area (TPSA) is 97.0 Å². The number of nitrogens with one attached hydrogen (secondary N) is 2. The standard InChI is InChI=1S/C19H24N4O3/c1-2-26-15-9-5-6-13(12-15)18-21-19(25)16(22-23-18)10-11-17(24)20-14-7-3-4-8-14/h5-6,9,12,14H,2-4,7-8,10-11H2,1H3,(H,20,24)(H,21,23,25). The number of carbonyl (C=O) groups excluding carboxylic acids is 1. The van der Waals surface area contributed by atoms with E-state index in [1.165, 1.54) is 12.8 Å². The van der Waals surface area contributed by atoms with Crippen molar-refractivity contribution >= 4 is 5.91 Å². The van der Waals surface area contributed by atoms with E-state index in [1.807, 2.05) is 25.1 Å². The van der Waals surface area contributed by atoms with Crippen molar-refractivity contribution in [2.45, 2.75) is 51.5 Å². The lowest BCUT2D eigenvalue weighted by Crippen LogP contribution is -2.33. The number of rotatable bonds is 7. The van der Waals surface area contributed by atoms with Crippen LogP contribution in [0.1, 0.15) is 44.7 Å². The van der Waals surface area contributed by atoms with E-state index in [0.29, 0.717) is 18.2 Å². The smallest absolute Gasteiger partial charge is 0.273 e. The van der Waals surface area contributed by atoms with E-state index in [2.05, 4.69) is 20.5 Å². The Morgan fingerprint density at radius 3 is 2.85 bits per heavy atom. The van der Waals surface area contributed by atoms with E-state index in [4.69, 9.17) is 4.74 Å². The number of hydrogen-bond acceptors (Lipinski definition) is 5. The number of hydrogen-bond donors (Lipinski definition) is 2. The summed E-state index contributed by atoms with van der Waals surface area (Å²) in [5, 5.41) is 11.1. The van der Waals surface area contributed by atoms with E-state index in [0.717, 1.165) is 18.4 Å².